The number of carbonyl (C=O) groups excluding carboxylic acids is 1. The van der Waals surface area contributed by atoms with Crippen LogP contribution in [0.1, 0.15) is 60.8 Å². The fourth-order valence-electron chi connectivity index (χ4n) is 6.49. The molecular formula is C34H36ClFN2O3. The van der Waals surface area contributed by atoms with E-state index in [1.54, 1.807) is 6.07 Å². The van der Waals surface area contributed by atoms with E-state index >= 15 is 0 Å². The van der Waals surface area contributed by atoms with E-state index in [9.17, 15) is 14.3 Å². The Morgan fingerprint density at radius 3 is 2.54 bits per heavy atom. The van der Waals surface area contributed by atoms with E-state index < -0.39 is 0 Å². The Morgan fingerprint density at radius 1 is 0.951 bits per heavy atom. The number of phenols is 1. The summed E-state index contributed by atoms with van der Waals surface area (Å²) in [5, 5.41) is 11.4. The summed E-state index contributed by atoms with van der Waals surface area (Å²) in [6.45, 7) is 3.01. The molecule has 0 aromatic heterocycles. The van der Waals surface area contributed by atoms with Crippen LogP contribution in [0.2, 0.25) is 5.02 Å². The molecule has 3 aromatic carbocycles. The van der Waals surface area contributed by atoms with Crippen LogP contribution in [0.3, 0.4) is 0 Å². The summed E-state index contributed by atoms with van der Waals surface area (Å²) in [4.78, 5) is 16.6. The van der Waals surface area contributed by atoms with Crippen LogP contribution < -0.4 is 9.64 Å². The molecule has 5 nitrogen and oxygen atoms in total. The second-order valence-corrected chi connectivity index (χ2v) is 11.7. The lowest BCUT2D eigenvalue weighted by atomic mass is 9.87. The predicted octanol–water partition coefficient (Wildman–Crippen LogP) is 7.28. The zero-order valence-electron chi connectivity index (χ0n) is 23.3. The van der Waals surface area contributed by atoms with Crippen LogP contribution in [-0.4, -0.2) is 54.9 Å². The fraction of sp³-hybridized carbons (Fsp3) is 0.382. The average molecular weight is 575 g/mol. The van der Waals surface area contributed by atoms with Gasteiger partial charge in [-0.15, -0.1) is 0 Å². The van der Waals surface area contributed by atoms with Crippen LogP contribution in [0, 0.1) is 0 Å². The molecule has 1 unspecified atom stereocenters. The molecule has 1 amide bonds. The topological polar surface area (TPSA) is 53.0 Å². The molecule has 0 saturated carbocycles. The van der Waals surface area contributed by atoms with Crippen LogP contribution in [-0.2, 0) is 11.2 Å². The summed E-state index contributed by atoms with van der Waals surface area (Å²) in [7, 11) is 0. The molecule has 41 heavy (non-hydrogen) atoms. The number of aryl methyl sites for hydroxylation is 1. The number of rotatable bonds is 8. The summed E-state index contributed by atoms with van der Waals surface area (Å²) in [5.74, 6) is 1.18. The summed E-state index contributed by atoms with van der Waals surface area (Å²) in [6.07, 6.45) is 5.71. The first-order valence-electron chi connectivity index (χ1n) is 14.7. The Kier molecular flexibility index (Phi) is 8.31. The number of amides is 1. The van der Waals surface area contributed by atoms with Crippen molar-refractivity contribution >= 4 is 34.3 Å². The number of aromatic hydroxyl groups is 1. The fourth-order valence-corrected chi connectivity index (χ4v) is 6.66. The monoisotopic (exact) mass is 574 g/mol. The quantitative estimate of drug-likeness (QED) is 0.307. The number of ether oxygens (including phenoxy) is 1. The molecule has 2 fully saturated rings. The van der Waals surface area contributed by atoms with Gasteiger partial charge < -0.3 is 14.7 Å². The Labute approximate surface area is 246 Å². The molecule has 7 heteroatoms. The van der Waals surface area contributed by atoms with Crippen LogP contribution in [0.5, 0.6) is 11.5 Å². The van der Waals surface area contributed by atoms with Gasteiger partial charge in [-0.2, -0.15) is 0 Å². The number of likely N-dealkylation sites (tertiary alicyclic amines) is 1. The molecule has 2 aliphatic heterocycles. The number of carbonyl (C=O) groups is 1. The molecule has 2 heterocycles. The minimum atomic E-state index is -0.282. The molecule has 3 aliphatic rings. The molecule has 1 aliphatic carbocycles. The van der Waals surface area contributed by atoms with Gasteiger partial charge in [0.15, 0.2) is 0 Å². The van der Waals surface area contributed by atoms with Gasteiger partial charge in [0.25, 0.3) is 0 Å². The van der Waals surface area contributed by atoms with E-state index in [0.29, 0.717) is 17.9 Å². The van der Waals surface area contributed by atoms with E-state index in [4.69, 9.17) is 16.3 Å². The Balaban J connectivity index is 1.36. The van der Waals surface area contributed by atoms with Crippen molar-refractivity contribution in [3.8, 4) is 11.5 Å². The van der Waals surface area contributed by atoms with Crippen LogP contribution in [0.15, 0.2) is 60.7 Å². The lowest BCUT2D eigenvalue weighted by molar-refractivity contribution is -0.117. The lowest BCUT2D eigenvalue weighted by Gasteiger charge is -2.21. The third-order valence-electron chi connectivity index (χ3n) is 8.49. The third-order valence-corrected chi connectivity index (χ3v) is 8.72. The highest BCUT2D eigenvalue weighted by molar-refractivity contribution is 6.30. The summed E-state index contributed by atoms with van der Waals surface area (Å²) in [5.41, 5.74) is 7.29. The molecule has 0 bridgehead atoms. The molecule has 214 valence electrons. The maximum absolute atomic E-state index is 12.6. The molecule has 0 spiro atoms. The zero-order valence-corrected chi connectivity index (χ0v) is 24.0. The van der Waals surface area contributed by atoms with Crippen LogP contribution >= 0.6 is 11.6 Å². The number of hydrogen-bond acceptors (Lipinski definition) is 4. The first-order chi connectivity index (χ1) is 20.0. The van der Waals surface area contributed by atoms with Gasteiger partial charge in [0.1, 0.15) is 17.6 Å². The minimum Gasteiger partial charge on any atom is -0.507 e. The second kappa shape index (κ2) is 12.3. The van der Waals surface area contributed by atoms with E-state index in [0.717, 1.165) is 97.6 Å². The SMILES string of the molecule is O=C1CCCN1c1ccc2c(c1)CCCC(c1ccc(Cl)cc1O)=C2c1ccc(OC2CCN(CCCF)C2)cc1. The smallest absolute Gasteiger partial charge is 0.227 e. The maximum atomic E-state index is 12.6. The van der Waals surface area contributed by atoms with E-state index in [1.807, 2.05) is 29.2 Å². The van der Waals surface area contributed by atoms with Crippen LogP contribution in [0.4, 0.5) is 10.1 Å². The molecule has 0 radical (unpaired) electrons. The Morgan fingerprint density at radius 2 is 1.78 bits per heavy atom. The summed E-state index contributed by atoms with van der Waals surface area (Å²) < 4.78 is 18.9. The largest absolute Gasteiger partial charge is 0.507 e. The zero-order chi connectivity index (χ0) is 28.3. The predicted molar refractivity (Wildman–Crippen MR) is 163 cm³/mol. The molecular weight excluding hydrogens is 539 g/mol. The van der Waals surface area contributed by atoms with Crippen molar-refractivity contribution in [2.75, 3.05) is 37.8 Å². The molecule has 1 atom stereocenters. The van der Waals surface area contributed by atoms with Gasteiger partial charge in [0, 0.05) is 48.9 Å². The number of benzene rings is 3. The number of nitrogens with zero attached hydrogens (tertiary/aromatic N) is 2. The highest BCUT2D eigenvalue weighted by atomic mass is 35.5. The number of alkyl halides is 1. The van der Waals surface area contributed by atoms with Crippen molar-refractivity contribution < 1.29 is 19.0 Å². The van der Waals surface area contributed by atoms with Crippen molar-refractivity contribution in [3.63, 3.8) is 0 Å². The number of hydrogen-bond donors (Lipinski definition) is 1. The number of halogens is 2. The van der Waals surface area contributed by atoms with Crippen molar-refractivity contribution in [3.05, 3.63) is 87.9 Å². The van der Waals surface area contributed by atoms with Crippen molar-refractivity contribution in [1.29, 1.82) is 0 Å². The normalized spacial score (nSPS) is 19.5. The molecule has 3 aromatic rings. The minimum absolute atomic E-state index is 0.103. The van der Waals surface area contributed by atoms with Gasteiger partial charge in [-0.3, -0.25) is 14.1 Å². The maximum Gasteiger partial charge on any atom is 0.227 e. The van der Waals surface area contributed by atoms with Gasteiger partial charge in [0.05, 0.1) is 6.67 Å². The molecule has 1 N–H and O–H groups in total. The molecule has 6 rings (SSSR count). The second-order valence-electron chi connectivity index (χ2n) is 11.3. The van der Waals surface area contributed by atoms with Gasteiger partial charge in [-0.1, -0.05) is 29.8 Å². The lowest BCUT2D eigenvalue weighted by Crippen LogP contribution is -2.26. The summed E-state index contributed by atoms with van der Waals surface area (Å²) >= 11 is 6.19. The van der Waals surface area contributed by atoms with Crippen molar-refractivity contribution in [2.45, 2.75) is 51.0 Å². The van der Waals surface area contributed by atoms with Crippen LogP contribution in [0.25, 0.3) is 11.1 Å². The van der Waals surface area contributed by atoms with Gasteiger partial charge >= 0.3 is 0 Å². The van der Waals surface area contributed by atoms with E-state index in [-0.39, 0.29) is 24.4 Å². The number of anilines is 1. The first-order valence-corrected chi connectivity index (χ1v) is 15.1. The van der Waals surface area contributed by atoms with E-state index in [1.165, 1.54) is 5.56 Å². The van der Waals surface area contributed by atoms with Gasteiger partial charge in [-0.05, 0) is 109 Å². The van der Waals surface area contributed by atoms with Crippen molar-refractivity contribution in [2.24, 2.45) is 0 Å². The third kappa shape index (κ3) is 6.00. The Hall–Kier alpha value is -3.35. The standard InChI is InChI=1S/C34H36ClFN2O3/c35-25-9-13-30(32(39)21-25)31-5-1-4-24-20-26(38-18-2-6-33(38)40)10-14-29(24)34(31)23-7-11-27(12-8-23)41-28-15-19-37(22-28)17-3-16-36/h7-14,20-21,28,39H,1-6,15-19,22H2. The summed E-state index contributed by atoms with van der Waals surface area (Å²) in [6, 6.07) is 19.9. The molecule has 2 saturated heterocycles. The number of allylic oxidation sites excluding steroid dienone is 1. The highest BCUT2D eigenvalue weighted by Gasteiger charge is 2.27. The van der Waals surface area contributed by atoms with Crippen molar-refractivity contribution in [1.82, 2.24) is 4.90 Å². The van der Waals surface area contributed by atoms with Gasteiger partial charge in [0.2, 0.25) is 5.91 Å². The van der Waals surface area contributed by atoms with E-state index in [2.05, 4.69) is 35.2 Å². The Bertz CT molecular complexity index is 1450. The van der Waals surface area contributed by atoms with Gasteiger partial charge in [-0.25, -0.2) is 0 Å². The number of phenolic OH excluding ortho intramolecular Hbond substituents is 1. The highest BCUT2D eigenvalue weighted by Crippen LogP contribution is 2.44. The first kappa shape index (κ1) is 27.8. The number of fused-ring (bicyclic) bond motifs is 1. The average Bonchev–Trinajstić information content (AvgIpc) is 3.56.